The van der Waals surface area contributed by atoms with E-state index in [0.29, 0.717) is 17.8 Å². The van der Waals surface area contributed by atoms with Crippen LogP contribution < -0.4 is 10.6 Å². The van der Waals surface area contributed by atoms with Crippen molar-refractivity contribution in [2.45, 2.75) is 20.8 Å². The second-order valence-corrected chi connectivity index (χ2v) is 5.02. The van der Waals surface area contributed by atoms with Crippen molar-refractivity contribution in [3.63, 3.8) is 0 Å². The third-order valence-electron chi connectivity index (χ3n) is 3.22. The Kier molecular flexibility index (Phi) is 4.08. The highest BCUT2D eigenvalue weighted by atomic mass is 16.2. The first-order valence-corrected chi connectivity index (χ1v) is 6.77. The number of carbonyl (C=O) groups is 1. The third-order valence-corrected chi connectivity index (χ3v) is 3.22. The third kappa shape index (κ3) is 2.99. The molecule has 2 aromatic carbocycles. The molecular formula is C17H20N2O. The van der Waals surface area contributed by atoms with E-state index < -0.39 is 0 Å². The molecule has 1 amide bonds. The molecule has 0 radical (unpaired) electrons. The Morgan fingerprint density at radius 1 is 1.10 bits per heavy atom. The van der Waals surface area contributed by atoms with Gasteiger partial charge >= 0.3 is 0 Å². The van der Waals surface area contributed by atoms with Gasteiger partial charge in [-0.25, -0.2) is 0 Å². The van der Waals surface area contributed by atoms with E-state index in [1.165, 1.54) is 0 Å². The fraction of sp³-hybridized carbons (Fsp3) is 0.235. The summed E-state index contributed by atoms with van der Waals surface area (Å²) in [7, 11) is 0. The van der Waals surface area contributed by atoms with Gasteiger partial charge in [-0.3, -0.25) is 4.79 Å². The summed E-state index contributed by atoms with van der Waals surface area (Å²) >= 11 is 0. The number of aryl methyl sites for hydroxylation is 2. The monoisotopic (exact) mass is 268 g/mol. The zero-order valence-electron chi connectivity index (χ0n) is 12.2. The number of hydrogen-bond acceptors (Lipinski definition) is 2. The van der Waals surface area contributed by atoms with Gasteiger partial charge in [0.25, 0.3) is 5.91 Å². The van der Waals surface area contributed by atoms with Gasteiger partial charge in [-0.1, -0.05) is 12.1 Å². The van der Waals surface area contributed by atoms with Crippen LogP contribution in [0.3, 0.4) is 0 Å². The molecule has 0 unspecified atom stereocenters. The van der Waals surface area contributed by atoms with E-state index >= 15 is 0 Å². The number of carbonyl (C=O) groups excluding carboxylic acids is 1. The zero-order chi connectivity index (χ0) is 14.7. The van der Waals surface area contributed by atoms with Gasteiger partial charge in [0, 0.05) is 23.5 Å². The molecule has 0 atom stereocenters. The molecule has 104 valence electrons. The molecule has 0 aliphatic heterocycles. The maximum atomic E-state index is 12.7. The standard InChI is InChI=1S/C17H20N2O/c1-4-19(16-7-5-6-12(2)10-16)17(20)14-8-13(3)9-15(18)11-14/h5-11H,4,18H2,1-3H3. The van der Waals surface area contributed by atoms with Gasteiger partial charge < -0.3 is 10.6 Å². The lowest BCUT2D eigenvalue weighted by molar-refractivity contribution is 0.0988. The van der Waals surface area contributed by atoms with Crippen LogP contribution >= 0.6 is 0 Å². The molecule has 3 heteroatoms. The topological polar surface area (TPSA) is 46.3 Å². The molecule has 0 aliphatic carbocycles. The van der Waals surface area contributed by atoms with E-state index in [9.17, 15) is 4.79 Å². The highest BCUT2D eigenvalue weighted by Gasteiger charge is 2.16. The first-order valence-electron chi connectivity index (χ1n) is 6.77. The molecule has 0 heterocycles. The summed E-state index contributed by atoms with van der Waals surface area (Å²) in [5.41, 5.74) is 10.1. The minimum atomic E-state index is -0.0199. The number of rotatable bonds is 3. The largest absolute Gasteiger partial charge is 0.399 e. The molecule has 0 saturated carbocycles. The molecule has 2 N–H and O–H groups in total. The van der Waals surface area contributed by atoms with E-state index in [0.717, 1.165) is 16.8 Å². The number of anilines is 2. The molecule has 20 heavy (non-hydrogen) atoms. The molecule has 0 bridgehead atoms. The second kappa shape index (κ2) is 5.78. The number of nitrogen functional groups attached to an aromatic ring is 1. The van der Waals surface area contributed by atoms with Gasteiger partial charge in [0.2, 0.25) is 0 Å². The van der Waals surface area contributed by atoms with Crippen molar-refractivity contribution in [1.29, 1.82) is 0 Å². The van der Waals surface area contributed by atoms with E-state index in [1.807, 2.05) is 57.2 Å². The number of nitrogens with two attached hydrogens (primary N) is 1. The van der Waals surface area contributed by atoms with Crippen LogP contribution in [0.1, 0.15) is 28.4 Å². The molecule has 3 nitrogen and oxygen atoms in total. The maximum absolute atomic E-state index is 12.7. The van der Waals surface area contributed by atoms with E-state index in [2.05, 4.69) is 0 Å². The molecule has 2 aromatic rings. The van der Waals surface area contributed by atoms with E-state index in [4.69, 9.17) is 5.73 Å². The van der Waals surface area contributed by atoms with Crippen LogP contribution in [0.25, 0.3) is 0 Å². The minimum Gasteiger partial charge on any atom is -0.399 e. The zero-order valence-corrected chi connectivity index (χ0v) is 12.2. The summed E-state index contributed by atoms with van der Waals surface area (Å²) in [6.45, 7) is 6.55. The molecule has 0 saturated heterocycles. The number of amides is 1. The van der Waals surface area contributed by atoms with Crippen molar-refractivity contribution in [2.24, 2.45) is 0 Å². The molecule has 0 spiro atoms. The van der Waals surface area contributed by atoms with Crippen molar-refractivity contribution < 1.29 is 4.79 Å². The molecule has 2 rings (SSSR count). The summed E-state index contributed by atoms with van der Waals surface area (Å²) in [6.07, 6.45) is 0. The lowest BCUT2D eigenvalue weighted by Gasteiger charge is -2.22. The molecular weight excluding hydrogens is 248 g/mol. The SMILES string of the molecule is CCN(C(=O)c1cc(C)cc(N)c1)c1cccc(C)c1. The second-order valence-electron chi connectivity index (χ2n) is 5.02. The van der Waals surface area contributed by atoms with Crippen molar-refractivity contribution in [3.8, 4) is 0 Å². The van der Waals surface area contributed by atoms with Gasteiger partial charge in [-0.2, -0.15) is 0 Å². The van der Waals surface area contributed by atoms with Crippen molar-refractivity contribution in [2.75, 3.05) is 17.2 Å². The van der Waals surface area contributed by atoms with Gasteiger partial charge in [-0.15, -0.1) is 0 Å². The van der Waals surface area contributed by atoms with E-state index in [1.54, 1.807) is 11.0 Å². The maximum Gasteiger partial charge on any atom is 0.258 e. The summed E-state index contributed by atoms with van der Waals surface area (Å²) in [6, 6.07) is 13.4. The molecule has 0 fully saturated rings. The Labute approximate surface area is 120 Å². The Balaban J connectivity index is 2.38. The summed E-state index contributed by atoms with van der Waals surface area (Å²) < 4.78 is 0. The highest BCUT2D eigenvalue weighted by Crippen LogP contribution is 2.20. The summed E-state index contributed by atoms with van der Waals surface area (Å²) in [5.74, 6) is -0.0199. The number of hydrogen-bond donors (Lipinski definition) is 1. The quantitative estimate of drug-likeness (QED) is 0.865. The molecule has 0 aliphatic rings. The van der Waals surface area contributed by atoms with Crippen LogP contribution in [0, 0.1) is 13.8 Å². The van der Waals surface area contributed by atoms with Crippen LogP contribution in [-0.4, -0.2) is 12.5 Å². The average molecular weight is 268 g/mol. The Hall–Kier alpha value is -2.29. The van der Waals surface area contributed by atoms with Gasteiger partial charge in [-0.05, 0) is 62.2 Å². The Morgan fingerprint density at radius 2 is 1.85 bits per heavy atom. The Bertz CT molecular complexity index is 614. The lowest BCUT2D eigenvalue weighted by atomic mass is 10.1. The predicted molar refractivity (Wildman–Crippen MR) is 84.1 cm³/mol. The fourth-order valence-electron chi connectivity index (χ4n) is 2.33. The summed E-state index contributed by atoms with van der Waals surface area (Å²) in [4.78, 5) is 14.4. The highest BCUT2D eigenvalue weighted by molar-refractivity contribution is 6.06. The predicted octanol–water partition coefficient (Wildman–Crippen LogP) is 3.55. The molecule has 0 aromatic heterocycles. The normalized spacial score (nSPS) is 10.3. The van der Waals surface area contributed by atoms with Gasteiger partial charge in [0.05, 0.1) is 0 Å². The summed E-state index contributed by atoms with van der Waals surface area (Å²) in [5, 5.41) is 0. The van der Waals surface area contributed by atoms with Crippen molar-refractivity contribution in [3.05, 3.63) is 59.2 Å². The van der Waals surface area contributed by atoms with E-state index in [-0.39, 0.29) is 5.91 Å². The van der Waals surface area contributed by atoms with Crippen LogP contribution in [0.5, 0.6) is 0 Å². The smallest absolute Gasteiger partial charge is 0.258 e. The van der Waals surface area contributed by atoms with Crippen molar-refractivity contribution in [1.82, 2.24) is 0 Å². The Morgan fingerprint density at radius 3 is 2.45 bits per heavy atom. The number of benzene rings is 2. The number of nitrogens with zero attached hydrogens (tertiary/aromatic N) is 1. The average Bonchev–Trinajstić information content (AvgIpc) is 2.38. The first-order chi connectivity index (χ1) is 9.51. The fourth-order valence-corrected chi connectivity index (χ4v) is 2.33. The van der Waals surface area contributed by atoms with Gasteiger partial charge in [0.1, 0.15) is 0 Å². The lowest BCUT2D eigenvalue weighted by Crippen LogP contribution is -2.30. The van der Waals surface area contributed by atoms with Crippen LogP contribution in [0.2, 0.25) is 0 Å². The van der Waals surface area contributed by atoms with Crippen LogP contribution in [0.15, 0.2) is 42.5 Å². The minimum absolute atomic E-state index is 0.0199. The first kappa shape index (κ1) is 14.1. The van der Waals surface area contributed by atoms with Crippen LogP contribution in [0.4, 0.5) is 11.4 Å². The van der Waals surface area contributed by atoms with Crippen LogP contribution in [-0.2, 0) is 0 Å². The van der Waals surface area contributed by atoms with Crippen molar-refractivity contribution >= 4 is 17.3 Å². The van der Waals surface area contributed by atoms with Gasteiger partial charge in [0.15, 0.2) is 0 Å².